The zero-order valence-corrected chi connectivity index (χ0v) is 22.2. The van der Waals surface area contributed by atoms with Crippen LogP contribution in [0.3, 0.4) is 0 Å². The summed E-state index contributed by atoms with van der Waals surface area (Å²) in [5, 5.41) is 1.66. The lowest BCUT2D eigenvalue weighted by Crippen LogP contribution is -2.34. The minimum Gasteiger partial charge on any atom is -0.0650 e. The van der Waals surface area contributed by atoms with Crippen molar-refractivity contribution in [2.45, 2.75) is 59.9 Å². The van der Waals surface area contributed by atoms with E-state index >= 15 is 0 Å². The number of aryl methyl sites for hydroxylation is 4. The number of hydrogen-bond donors (Lipinski definition) is 0. The Labute approximate surface area is 196 Å². The second kappa shape index (κ2) is 8.71. The van der Waals surface area contributed by atoms with Crippen molar-refractivity contribution < 1.29 is 0 Å². The maximum atomic E-state index is 2.45. The maximum absolute atomic E-state index is 2.45. The maximum Gasteiger partial charge on any atom is 0.0718 e. The standard InChI is InChI=1S/C31H36Si/c1-20-13-14-28(23(4)16-20)19-31(32-29-17-21(2)15-22(3)18-29)26(7)24(5)25(6)30(31)27-11-9-8-10-12-27/h8-18H,19,32H2,1-7H3. The molecule has 1 aliphatic rings. The second-order valence-electron chi connectivity index (χ2n) is 9.98. The molecule has 1 heteroatoms. The fourth-order valence-electron chi connectivity index (χ4n) is 5.86. The van der Waals surface area contributed by atoms with E-state index in [0.717, 1.165) is 6.42 Å². The Balaban J connectivity index is 1.95. The van der Waals surface area contributed by atoms with Crippen molar-refractivity contribution in [2.24, 2.45) is 0 Å². The van der Waals surface area contributed by atoms with Crippen LogP contribution in [0.2, 0.25) is 5.04 Å². The highest BCUT2D eigenvalue weighted by molar-refractivity contribution is 6.61. The quantitative estimate of drug-likeness (QED) is 0.380. The molecule has 0 N–H and O–H groups in total. The van der Waals surface area contributed by atoms with Gasteiger partial charge in [0.1, 0.15) is 0 Å². The van der Waals surface area contributed by atoms with Gasteiger partial charge in [-0.3, -0.25) is 0 Å². The molecule has 0 amide bonds. The molecule has 32 heavy (non-hydrogen) atoms. The van der Waals surface area contributed by atoms with E-state index in [-0.39, 0.29) is 5.04 Å². The molecule has 1 aliphatic carbocycles. The first-order valence-corrected chi connectivity index (χ1v) is 13.2. The first-order valence-electron chi connectivity index (χ1n) is 11.8. The summed E-state index contributed by atoms with van der Waals surface area (Å²) in [5.74, 6) is 0. The Bertz CT molecular complexity index is 1210. The van der Waals surface area contributed by atoms with Crippen LogP contribution in [0, 0.1) is 27.7 Å². The van der Waals surface area contributed by atoms with Gasteiger partial charge in [0.25, 0.3) is 0 Å². The van der Waals surface area contributed by atoms with Crippen LogP contribution in [-0.4, -0.2) is 9.52 Å². The van der Waals surface area contributed by atoms with Crippen LogP contribution < -0.4 is 5.19 Å². The predicted octanol–water partition coefficient (Wildman–Crippen LogP) is 6.94. The van der Waals surface area contributed by atoms with Gasteiger partial charge in [-0.1, -0.05) is 94.2 Å². The Kier molecular flexibility index (Phi) is 6.14. The fourth-order valence-corrected chi connectivity index (χ4v) is 8.98. The SMILES string of the molecule is CC1=C(C)C(Cc2ccc(C)cc2C)([SiH2]c2cc(C)cc(C)c2)C(c2ccccc2)=C1C. The number of hydrogen-bond acceptors (Lipinski definition) is 0. The highest BCUT2D eigenvalue weighted by Gasteiger charge is 2.43. The third-order valence-corrected chi connectivity index (χ3v) is 10.1. The van der Waals surface area contributed by atoms with Crippen molar-refractivity contribution in [2.75, 3.05) is 0 Å². The molecule has 3 aromatic rings. The van der Waals surface area contributed by atoms with E-state index < -0.39 is 9.52 Å². The molecule has 0 radical (unpaired) electrons. The molecule has 0 heterocycles. The number of allylic oxidation sites excluding steroid dienone is 4. The molecular weight excluding hydrogens is 400 g/mol. The summed E-state index contributed by atoms with van der Waals surface area (Å²) >= 11 is 0. The summed E-state index contributed by atoms with van der Waals surface area (Å²) in [6, 6.07) is 25.4. The molecule has 0 fully saturated rings. The lowest BCUT2D eigenvalue weighted by Gasteiger charge is -2.36. The molecule has 4 rings (SSSR count). The van der Waals surface area contributed by atoms with Crippen LogP contribution in [0.4, 0.5) is 0 Å². The lowest BCUT2D eigenvalue weighted by atomic mass is 9.82. The Morgan fingerprint density at radius 2 is 1.31 bits per heavy atom. The third-order valence-electron chi connectivity index (χ3n) is 7.54. The normalized spacial score (nSPS) is 19.0. The topological polar surface area (TPSA) is 0 Å². The molecule has 1 unspecified atom stereocenters. The van der Waals surface area contributed by atoms with Gasteiger partial charge in [-0.15, -0.1) is 0 Å². The summed E-state index contributed by atoms with van der Waals surface area (Å²) in [7, 11) is -0.672. The summed E-state index contributed by atoms with van der Waals surface area (Å²) in [4.78, 5) is 0. The third kappa shape index (κ3) is 4.07. The first kappa shape index (κ1) is 22.5. The largest absolute Gasteiger partial charge is 0.0718 e. The van der Waals surface area contributed by atoms with Gasteiger partial charge in [-0.25, -0.2) is 0 Å². The van der Waals surface area contributed by atoms with E-state index in [1.165, 1.54) is 44.5 Å². The van der Waals surface area contributed by atoms with Gasteiger partial charge in [0.05, 0.1) is 9.52 Å². The molecule has 0 saturated carbocycles. The van der Waals surface area contributed by atoms with Gasteiger partial charge in [0.2, 0.25) is 0 Å². The van der Waals surface area contributed by atoms with Crippen LogP contribution >= 0.6 is 0 Å². The highest BCUT2D eigenvalue weighted by atomic mass is 28.2. The molecule has 0 nitrogen and oxygen atoms in total. The Hall–Kier alpha value is -2.64. The first-order chi connectivity index (χ1) is 15.2. The summed E-state index contributed by atoms with van der Waals surface area (Å²) < 4.78 is 0. The van der Waals surface area contributed by atoms with Crippen molar-refractivity contribution in [1.82, 2.24) is 0 Å². The van der Waals surface area contributed by atoms with Crippen molar-refractivity contribution in [3.05, 3.63) is 117 Å². The molecule has 0 spiro atoms. The lowest BCUT2D eigenvalue weighted by molar-refractivity contribution is 0.792. The van der Waals surface area contributed by atoms with Gasteiger partial charge < -0.3 is 0 Å². The number of benzene rings is 3. The van der Waals surface area contributed by atoms with Crippen molar-refractivity contribution >= 4 is 20.3 Å². The van der Waals surface area contributed by atoms with Gasteiger partial charge in [0.15, 0.2) is 0 Å². The number of rotatable bonds is 5. The summed E-state index contributed by atoms with van der Waals surface area (Å²) in [5.41, 5.74) is 14.5. The summed E-state index contributed by atoms with van der Waals surface area (Å²) in [6.07, 6.45) is 1.09. The van der Waals surface area contributed by atoms with Crippen molar-refractivity contribution in [3.8, 4) is 0 Å². The van der Waals surface area contributed by atoms with E-state index in [9.17, 15) is 0 Å². The van der Waals surface area contributed by atoms with Gasteiger partial charge in [-0.2, -0.15) is 0 Å². The molecule has 0 saturated heterocycles. The van der Waals surface area contributed by atoms with E-state index in [2.05, 4.69) is 115 Å². The molecular formula is C31H36Si. The molecule has 0 bridgehead atoms. The Morgan fingerprint density at radius 3 is 1.94 bits per heavy atom. The van der Waals surface area contributed by atoms with Crippen LogP contribution in [0.25, 0.3) is 5.57 Å². The van der Waals surface area contributed by atoms with Gasteiger partial charge >= 0.3 is 0 Å². The fraction of sp³-hybridized carbons (Fsp3) is 0.290. The second-order valence-corrected chi connectivity index (χ2v) is 12.4. The van der Waals surface area contributed by atoms with Gasteiger partial charge in [0, 0.05) is 5.04 Å². The molecule has 0 aromatic heterocycles. The van der Waals surface area contributed by atoms with Crippen LogP contribution in [-0.2, 0) is 6.42 Å². The van der Waals surface area contributed by atoms with Crippen LogP contribution in [0.1, 0.15) is 54.2 Å². The van der Waals surface area contributed by atoms with E-state index in [1.54, 1.807) is 16.3 Å². The molecule has 1 atom stereocenters. The van der Waals surface area contributed by atoms with Crippen LogP contribution in [0.5, 0.6) is 0 Å². The summed E-state index contributed by atoms with van der Waals surface area (Å²) in [6.45, 7) is 16.1. The molecule has 0 aliphatic heterocycles. The zero-order chi connectivity index (χ0) is 23.0. The van der Waals surface area contributed by atoms with E-state index in [4.69, 9.17) is 0 Å². The van der Waals surface area contributed by atoms with Gasteiger partial charge in [-0.05, 0) is 88.3 Å². The average Bonchev–Trinajstić information content (AvgIpc) is 2.91. The smallest absolute Gasteiger partial charge is 0.0650 e. The average molecular weight is 437 g/mol. The van der Waals surface area contributed by atoms with Crippen LogP contribution in [0.15, 0.2) is 83.4 Å². The zero-order valence-electron chi connectivity index (χ0n) is 20.8. The van der Waals surface area contributed by atoms with Crippen molar-refractivity contribution in [1.29, 1.82) is 0 Å². The Morgan fingerprint density at radius 1 is 0.656 bits per heavy atom. The molecule has 3 aromatic carbocycles. The molecule has 164 valence electrons. The minimum atomic E-state index is -0.672. The van der Waals surface area contributed by atoms with E-state index in [1.807, 2.05) is 0 Å². The minimum absolute atomic E-state index is 0.0930. The predicted molar refractivity (Wildman–Crippen MR) is 144 cm³/mol. The monoisotopic (exact) mass is 436 g/mol. The highest BCUT2D eigenvalue weighted by Crippen LogP contribution is 2.58. The van der Waals surface area contributed by atoms with E-state index in [0.29, 0.717) is 0 Å². The van der Waals surface area contributed by atoms with Crippen molar-refractivity contribution in [3.63, 3.8) is 0 Å².